The summed E-state index contributed by atoms with van der Waals surface area (Å²) in [4.78, 5) is 12.4. The van der Waals surface area contributed by atoms with Gasteiger partial charge >= 0.3 is 5.97 Å². The van der Waals surface area contributed by atoms with E-state index in [0.717, 1.165) is 0 Å². The number of hydrogen-bond acceptors (Lipinski definition) is 5. The Hall–Kier alpha value is -2.69. The first-order valence-electron chi connectivity index (χ1n) is 8.26. The summed E-state index contributed by atoms with van der Waals surface area (Å²) in [6.07, 6.45) is -0.945. The molecule has 25 heavy (non-hydrogen) atoms. The lowest BCUT2D eigenvalue weighted by Gasteiger charge is -2.19. The summed E-state index contributed by atoms with van der Waals surface area (Å²) in [6.45, 7) is 6.21. The number of esters is 1. The van der Waals surface area contributed by atoms with Crippen LogP contribution < -0.4 is 9.47 Å². The lowest BCUT2D eigenvalue weighted by molar-refractivity contribution is -0.151. The number of methoxy groups -OCH3 is 1. The molecular weight excluding hydrogens is 320 g/mol. The predicted molar refractivity (Wildman–Crippen MR) is 95.2 cm³/mol. The van der Waals surface area contributed by atoms with Crippen molar-refractivity contribution < 1.29 is 24.1 Å². The minimum Gasteiger partial charge on any atom is -0.504 e. The molecule has 0 fully saturated rings. The van der Waals surface area contributed by atoms with Crippen LogP contribution in [0.4, 0.5) is 0 Å². The van der Waals surface area contributed by atoms with Gasteiger partial charge in [0.2, 0.25) is 6.10 Å². The van der Waals surface area contributed by atoms with Crippen molar-refractivity contribution in [1.29, 1.82) is 0 Å². The standard InChI is InChI=1S/C20H24O5/c1-5-24-20(22)19(15-8-11-17(21)18(12-15)23-4)25-16-9-6-14(7-10-16)13(2)3/h6-13,19,21H,5H2,1-4H3. The fourth-order valence-corrected chi connectivity index (χ4v) is 2.39. The van der Waals surface area contributed by atoms with E-state index in [1.165, 1.54) is 18.7 Å². The molecule has 0 bridgehead atoms. The zero-order valence-corrected chi connectivity index (χ0v) is 15.0. The van der Waals surface area contributed by atoms with Crippen LogP contribution in [0.5, 0.6) is 17.2 Å². The Morgan fingerprint density at radius 1 is 1.08 bits per heavy atom. The SMILES string of the molecule is CCOC(=O)C(Oc1ccc(C(C)C)cc1)c1ccc(O)c(OC)c1. The summed E-state index contributed by atoms with van der Waals surface area (Å²) < 4.78 is 16.1. The quantitative estimate of drug-likeness (QED) is 0.762. The molecule has 0 aromatic heterocycles. The molecule has 0 saturated carbocycles. The van der Waals surface area contributed by atoms with Gasteiger partial charge in [-0.3, -0.25) is 0 Å². The highest BCUT2D eigenvalue weighted by Crippen LogP contribution is 2.32. The molecule has 0 aliphatic carbocycles. The van der Waals surface area contributed by atoms with Crippen LogP contribution in [0.1, 0.15) is 43.9 Å². The second kappa shape index (κ2) is 8.42. The van der Waals surface area contributed by atoms with Gasteiger partial charge in [-0.25, -0.2) is 4.79 Å². The summed E-state index contributed by atoms with van der Waals surface area (Å²) in [6, 6.07) is 12.3. The summed E-state index contributed by atoms with van der Waals surface area (Å²) in [5, 5.41) is 9.75. The van der Waals surface area contributed by atoms with E-state index >= 15 is 0 Å². The Balaban J connectivity index is 2.31. The molecule has 0 saturated heterocycles. The van der Waals surface area contributed by atoms with Crippen LogP contribution in [0, 0.1) is 0 Å². The third-order valence-electron chi connectivity index (χ3n) is 3.81. The smallest absolute Gasteiger partial charge is 0.352 e. The van der Waals surface area contributed by atoms with E-state index in [9.17, 15) is 9.90 Å². The van der Waals surface area contributed by atoms with Crippen LogP contribution in [0.15, 0.2) is 42.5 Å². The second-order valence-corrected chi connectivity index (χ2v) is 5.90. The first-order valence-corrected chi connectivity index (χ1v) is 8.26. The topological polar surface area (TPSA) is 65.0 Å². The Kier molecular flexibility index (Phi) is 6.28. The lowest BCUT2D eigenvalue weighted by Crippen LogP contribution is -2.21. The zero-order chi connectivity index (χ0) is 18.4. The summed E-state index contributed by atoms with van der Waals surface area (Å²) >= 11 is 0. The molecule has 0 amide bonds. The van der Waals surface area contributed by atoms with Crippen LogP contribution in [0.3, 0.4) is 0 Å². The largest absolute Gasteiger partial charge is 0.504 e. The summed E-state index contributed by atoms with van der Waals surface area (Å²) in [5.74, 6) is 0.745. The number of aromatic hydroxyl groups is 1. The first-order chi connectivity index (χ1) is 12.0. The fraction of sp³-hybridized carbons (Fsp3) is 0.350. The van der Waals surface area contributed by atoms with Crippen molar-refractivity contribution in [2.24, 2.45) is 0 Å². The van der Waals surface area contributed by atoms with Crippen LogP contribution in [-0.4, -0.2) is 24.8 Å². The molecule has 2 rings (SSSR count). The molecule has 2 aromatic carbocycles. The van der Waals surface area contributed by atoms with Crippen molar-refractivity contribution in [3.63, 3.8) is 0 Å². The second-order valence-electron chi connectivity index (χ2n) is 5.90. The highest BCUT2D eigenvalue weighted by molar-refractivity contribution is 5.77. The van der Waals surface area contributed by atoms with Crippen LogP contribution in [0.25, 0.3) is 0 Å². The molecule has 2 aromatic rings. The number of rotatable bonds is 7. The molecule has 0 heterocycles. The maximum absolute atomic E-state index is 12.4. The van der Waals surface area contributed by atoms with E-state index in [4.69, 9.17) is 14.2 Å². The lowest BCUT2D eigenvalue weighted by atomic mass is 10.0. The molecule has 134 valence electrons. The first kappa shape index (κ1) is 18.6. The van der Waals surface area contributed by atoms with Gasteiger partial charge in [0.25, 0.3) is 0 Å². The van der Waals surface area contributed by atoms with Crippen molar-refractivity contribution in [1.82, 2.24) is 0 Å². The highest BCUT2D eigenvalue weighted by Gasteiger charge is 2.25. The molecule has 0 aliphatic heterocycles. The van der Waals surface area contributed by atoms with Crippen molar-refractivity contribution >= 4 is 5.97 Å². The molecule has 0 aliphatic rings. The number of carbonyl (C=O) groups is 1. The van der Waals surface area contributed by atoms with Crippen molar-refractivity contribution in [3.05, 3.63) is 53.6 Å². The van der Waals surface area contributed by atoms with Crippen molar-refractivity contribution in [2.75, 3.05) is 13.7 Å². The molecule has 1 unspecified atom stereocenters. The number of phenolic OH excluding ortho intramolecular Hbond substituents is 1. The van der Waals surface area contributed by atoms with Gasteiger partial charge in [-0.2, -0.15) is 0 Å². The van der Waals surface area contributed by atoms with Gasteiger partial charge in [0.05, 0.1) is 13.7 Å². The van der Waals surface area contributed by atoms with Crippen molar-refractivity contribution in [2.45, 2.75) is 32.8 Å². The Morgan fingerprint density at radius 3 is 2.28 bits per heavy atom. The van der Waals surface area contributed by atoms with Gasteiger partial charge < -0.3 is 19.3 Å². The Labute approximate surface area is 148 Å². The van der Waals surface area contributed by atoms with E-state index < -0.39 is 12.1 Å². The van der Waals surface area contributed by atoms with Crippen molar-refractivity contribution in [3.8, 4) is 17.2 Å². The van der Waals surface area contributed by atoms with Gasteiger partial charge in [-0.1, -0.05) is 32.0 Å². The molecule has 0 radical (unpaired) electrons. The zero-order valence-electron chi connectivity index (χ0n) is 15.0. The van der Waals surface area contributed by atoms with E-state index in [0.29, 0.717) is 17.2 Å². The average molecular weight is 344 g/mol. The van der Waals surface area contributed by atoms with Gasteiger partial charge in [0.15, 0.2) is 11.5 Å². The Morgan fingerprint density at radius 2 is 1.72 bits per heavy atom. The number of carbonyl (C=O) groups excluding carboxylic acids is 1. The van der Waals surface area contributed by atoms with Gasteiger partial charge in [-0.15, -0.1) is 0 Å². The minimum absolute atomic E-state index is 0.00450. The van der Waals surface area contributed by atoms with E-state index in [1.54, 1.807) is 19.1 Å². The minimum atomic E-state index is -0.945. The third kappa shape index (κ3) is 4.66. The fourth-order valence-electron chi connectivity index (χ4n) is 2.39. The third-order valence-corrected chi connectivity index (χ3v) is 3.81. The summed E-state index contributed by atoms with van der Waals surface area (Å²) in [7, 11) is 1.45. The number of ether oxygens (including phenoxy) is 3. The molecule has 1 atom stereocenters. The molecule has 5 heteroatoms. The Bertz CT molecular complexity index is 707. The van der Waals surface area contributed by atoms with E-state index in [1.807, 2.05) is 24.3 Å². The maximum Gasteiger partial charge on any atom is 0.352 e. The van der Waals surface area contributed by atoms with Crippen LogP contribution in [-0.2, 0) is 9.53 Å². The van der Waals surface area contributed by atoms with Gasteiger partial charge in [-0.05, 0) is 42.7 Å². The number of hydrogen-bond donors (Lipinski definition) is 1. The number of phenols is 1. The van der Waals surface area contributed by atoms with E-state index in [2.05, 4.69) is 13.8 Å². The highest BCUT2D eigenvalue weighted by atomic mass is 16.6. The average Bonchev–Trinajstić information content (AvgIpc) is 2.61. The normalized spacial score (nSPS) is 11.9. The maximum atomic E-state index is 12.4. The molecule has 1 N–H and O–H groups in total. The monoisotopic (exact) mass is 344 g/mol. The predicted octanol–water partition coefficient (Wildman–Crippen LogP) is 4.21. The van der Waals surface area contributed by atoms with Gasteiger partial charge in [0, 0.05) is 5.56 Å². The van der Waals surface area contributed by atoms with Gasteiger partial charge in [0.1, 0.15) is 5.75 Å². The number of benzene rings is 2. The molecule has 0 spiro atoms. The van der Waals surface area contributed by atoms with Crippen LogP contribution in [0.2, 0.25) is 0 Å². The molecular formula is C20H24O5. The molecule has 5 nitrogen and oxygen atoms in total. The summed E-state index contributed by atoms with van der Waals surface area (Å²) in [5.41, 5.74) is 1.73. The van der Waals surface area contributed by atoms with Crippen LogP contribution >= 0.6 is 0 Å². The van der Waals surface area contributed by atoms with E-state index in [-0.39, 0.29) is 18.1 Å².